The van der Waals surface area contributed by atoms with Gasteiger partial charge in [-0.2, -0.15) is 0 Å². The molecule has 5 aromatic rings. The summed E-state index contributed by atoms with van der Waals surface area (Å²) in [6.45, 7) is 2.09. The van der Waals surface area contributed by atoms with Crippen LogP contribution in [0.1, 0.15) is 40.2 Å². The van der Waals surface area contributed by atoms with Crippen molar-refractivity contribution in [3.05, 3.63) is 93.3 Å². The number of carbonyl (C=O) groups excluding carboxylic acids is 1. The monoisotopic (exact) mass is 498 g/mol. The topological polar surface area (TPSA) is 81.9 Å². The van der Waals surface area contributed by atoms with E-state index in [9.17, 15) is 9.59 Å². The summed E-state index contributed by atoms with van der Waals surface area (Å²) in [6.07, 6.45) is 0.897. The van der Waals surface area contributed by atoms with E-state index in [-0.39, 0.29) is 16.8 Å². The molecule has 1 unspecified atom stereocenters. The Kier molecular flexibility index (Phi) is 5.26. The molecule has 3 aromatic carbocycles. The highest BCUT2D eigenvalue weighted by molar-refractivity contribution is 7.22. The molecule has 7 nitrogen and oxygen atoms in total. The van der Waals surface area contributed by atoms with Gasteiger partial charge >= 0.3 is 0 Å². The predicted molar refractivity (Wildman–Crippen MR) is 140 cm³/mol. The summed E-state index contributed by atoms with van der Waals surface area (Å²) in [6, 6.07) is 17.6. The maximum absolute atomic E-state index is 13.9. The van der Waals surface area contributed by atoms with Crippen molar-refractivity contribution in [1.29, 1.82) is 0 Å². The minimum Gasteiger partial charge on any atom is -0.497 e. The number of aryl methyl sites for hydroxylation is 1. The Hall–Kier alpha value is -4.17. The van der Waals surface area contributed by atoms with Crippen LogP contribution in [0.5, 0.6) is 11.5 Å². The Bertz CT molecular complexity index is 1720. The third-order valence-corrected chi connectivity index (χ3v) is 7.59. The third kappa shape index (κ3) is 3.29. The number of ether oxygens (including phenoxy) is 2. The maximum Gasteiger partial charge on any atom is 0.297 e. The van der Waals surface area contributed by atoms with Crippen LogP contribution < -0.4 is 19.8 Å². The van der Waals surface area contributed by atoms with Crippen molar-refractivity contribution in [2.24, 2.45) is 0 Å². The highest BCUT2D eigenvalue weighted by Gasteiger charge is 2.46. The molecule has 0 N–H and O–H groups in total. The van der Waals surface area contributed by atoms with Gasteiger partial charge in [0.05, 0.1) is 35.4 Å². The molecule has 0 saturated carbocycles. The van der Waals surface area contributed by atoms with Crippen molar-refractivity contribution in [1.82, 2.24) is 4.98 Å². The molecule has 1 aliphatic heterocycles. The lowest BCUT2D eigenvalue weighted by Gasteiger charge is -2.24. The molecule has 1 amide bonds. The van der Waals surface area contributed by atoms with E-state index < -0.39 is 11.9 Å². The molecule has 3 heterocycles. The number of rotatable bonds is 5. The van der Waals surface area contributed by atoms with Crippen molar-refractivity contribution < 1.29 is 18.7 Å². The molecule has 1 atom stereocenters. The van der Waals surface area contributed by atoms with Crippen LogP contribution in [0.4, 0.5) is 5.13 Å². The number of hydrogen-bond donors (Lipinski definition) is 0. The Labute approximate surface area is 210 Å². The van der Waals surface area contributed by atoms with Crippen molar-refractivity contribution in [3.63, 3.8) is 0 Å². The fraction of sp³-hybridized carbons (Fsp3) is 0.179. The van der Waals surface area contributed by atoms with E-state index in [4.69, 9.17) is 18.9 Å². The van der Waals surface area contributed by atoms with Crippen LogP contribution in [-0.2, 0) is 6.42 Å². The van der Waals surface area contributed by atoms with Gasteiger partial charge in [-0.3, -0.25) is 14.5 Å². The van der Waals surface area contributed by atoms with Gasteiger partial charge in [-0.1, -0.05) is 36.5 Å². The number of benzene rings is 3. The van der Waals surface area contributed by atoms with Gasteiger partial charge in [0.2, 0.25) is 5.76 Å². The molecule has 0 aliphatic carbocycles. The van der Waals surface area contributed by atoms with Gasteiger partial charge in [-0.25, -0.2) is 4.98 Å². The van der Waals surface area contributed by atoms with E-state index in [1.54, 1.807) is 55.5 Å². The van der Waals surface area contributed by atoms with Crippen LogP contribution in [-0.4, -0.2) is 25.1 Å². The van der Waals surface area contributed by atoms with Crippen LogP contribution in [0, 0.1) is 0 Å². The van der Waals surface area contributed by atoms with Gasteiger partial charge in [0.1, 0.15) is 23.1 Å². The molecular formula is C28H22N2O5S. The summed E-state index contributed by atoms with van der Waals surface area (Å²) in [5.74, 6) is 0.705. The second kappa shape index (κ2) is 8.49. The zero-order chi connectivity index (χ0) is 25.0. The first-order chi connectivity index (χ1) is 17.5. The van der Waals surface area contributed by atoms with Crippen molar-refractivity contribution >= 4 is 43.6 Å². The largest absolute Gasteiger partial charge is 0.497 e. The number of hydrogen-bond acceptors (Lipinski definition) is 7. The Balaban J connectivity index is 1.64. The smallest absolute Gasteiger partial charge is 0.297 e. The van der Waals surface area contributed by atoms with Gasteiger partial charge < -0.3 is 13.9 Å². The molecule has 2 aromatic heterocycles. The fourth-order valence-corrected chi connectivity index (χ4v) is 5.79. The lowest BCUT2D eigenvalue weighted by atomic mass is 9.97. The zero-order valence-electron chi connectivity index (χ0n) is 19.9. The number of methoxy groups -OCH3 is 2. The molecule has 6 rings (SSSR count). The zero-order valence-corrected chi connectivity index (χ0v) is 20.7. The Morgan fingerprint density at radius 2 is 1.86 bits per heavy atom. The fourth-order valence-electron chi connectivity index (χ4n) is 4.74. The van der Waals surface area contributed by atoms with Gasteiger partial charge in [-0.05, 0) is 48.4 Å². The Morgan fingerprint density at radius 1 is 1.03 bits per heavy atom. The van der Waals surface area contributed by atoms with Gasteiger partial charge in [0, 0.05) is 11.6 Å². The lowest BCUT2D eigenvalue weighted by Crippen LogP contribution is -2.29. The highest BCUT2D eigenvalue weighted by Crippen LogP contribution is 2.46. The van der Waals surface area contributed by atoms with E-state index in [1.165, 1.54) is 16.9 Å². The lowest BCUT2D eigenvalue weighted by molar-refractivity contribution is 0.0971. The number of anilines is 1. The highest BCUT2D eigenvalue weighted by atomic mass is 32.1. The van der Waals surface area contributed by atoms with Crippen LogP contribution in [0.3, 0.4) is 0 Å². The molecule has 0 radical (unpaired) electrons. The van der Waals surface area contributed by atoms with Gasteiger partial charge in [0.15, 0.2) is 10.6 Å². The first-order valence-electron chi connectivity index (χ1n) is 11.5. The summed E-state index contributed by atoms with van der Waals surface area (Å²) in [5, 5.41) is 0.904. The minimum absolute atomic E-state index is 0.0232. The van der Waals surface area contributed by atoms with E-state index in [2.05, 4.69) is 13.0 Å². The van der Waals surface area contributed by atoms with Crippen LogP contribution in [0.15, 0.2) is 69.9 Å². The molecule has 0 bridgehead atoms. The van der Waals surface area contributed by atoms with E-state index in [0.29, 0.717) is 33.2 Å². The van der Waals surface area contributed by atoms with Crippen molar-refractivity contribution in [2.45, 2.75) is 19.4 Å². The molecule has 1 aliphatic rings. The number of para-hydroxylation sites is 1. The quantitative estimate of drug-likeness (QED) is 0.308. The summed E-state index contributed by atoms with van der Waals surface area (Å²) in [4.78, 5) is 34.0. The SMILES string of the molecule is CCc1ccc2nc(N3C(=O)c4oc5ccccc5c(=O)c4C3c3ccc(OC)cc3OC)sc2c1. The second-order valence-corrected chi connectivity index (χ2v) is 9.52. The number of aromatic nitrogens is 1. The summed E-state index contributed by atoms with van der Waals surface area (Å²) in [7, 11) is 3.12. The molecule has 8 heteroatoms. The standard InChI is InChI=1S/C28H22N2O5S/c1-4-15-9-12-19-22(13-15)36-28(29-19)30-24(17-11-10-16(33-2)14-21(17)34-3)23-25(31)18-7-5-6-8-20(18)35-26(23)27(30)32/h5-14,24H,4H2,1-3H3. The summed E-state index contributed by atoms with van der Waals surface area (Å²) < 4.78 is 18.1. The molecule has 180 valence electrons. The molecule has 0 saturated heterocycles. The number of carbonyl (C=O) groups is 1. The third-order valence-electron chi connectivity index (χ3n) is 6.57. The predicted octanol–water partition coefficient (Wildman–Crippen LogP) is 5.73. The molecular weight excluding hydrogens is 476 g/mol. The summed E-state index contributed by atoms with van der Waals surface area (Å²) in [5.41, 5.74) is 3.01. The number of thiazole rings is 1. The van der Waals surface area contributed by atoms with E-state index in [1.807, 2.05) is 18.2 Å². The van der Waals surface area contributed by atoms with E-state index >= 15 is 0 Å². The average Bonchev–Trinajstić information content (AvgIpc) is 3.46. The molecule has 36 heavy (non-hydrogen) atoms. The minimum atomic E-state index is -0.777. The second-order valence-electron chi connectivity index (χ2n) is 8.51. The normalized spacial score (nSPS) is 15.0. The first-order valence-corrected chi connectivity index (χ1v) is 12.4. The van der Waals surface area contributed by atoms with E-state index in [0.717, 1.165) is 16.6 Å². The Morgan fingerprint density at radius 3 is 2.64 bits per heavy atom. The maximum atomic E-state index is 13.9. The summed E-state index contributed by atoms with van der Waals surface area (Å²) >= 11 is 1.41. The van der Waals surface area contributed by atoms with Gasteiger partial charge in [0.25, 0.3) is 5.91 Å². The first kappa shape index (κ1) is 22.3. The average molecular weight is 499 g/mol. The van der Waals surface area contributed by atoms with Crippen LogP contribution in [0.2, 0.25) is 0 Å². The van der Waals surface area contributed by atoms with Gasteiger partial charge in [-0.15, -0.1) is 0 Å². The number of amides is 1. The molecule has 0 fully saturated rings. The van der Waals surface area contributed by atoms with Crippen LogP contribution in [0.25, 0.3) is 21.2 Å². The van der Waals surface area contributed by atoms with Crippen LogP contribution >= 0.6 is 11.3 Å². The van der Waals surface area contributed by atoms with Crippen molar-refractivity contribution in [2.75, 3.05) is 19.1 Å². The number of nitrogens with zero attached hydrogens (tertiary/aromatic N) is 2. The van der Waals surface area contributed by atoms with Crippen molar-refractivity contribution in [3.8, 4) is 11.5 Å². The number of fused-ring (bicyclic) bond motifs is 3. The molecule has 0 spiro atoms.